The van der Waals surface area contributed by atoms with Crippen LogP contribution in [0.2, 0.25) is 0 Å². The number of hydrogen-bond acceptors (Lipinski definition) is 5. The van der Waals surface area contributed by atoms with E-state index in [4.69, 9.17) is 0 Å². The molecule has 1 N–H and O–H groups in total. The van der Waals surface area contributed by atoms with E-state index in [-0.39, 0.29) is 0 Å². The molecule has 0 fully saturated rings. The minimum Gasteiger partial charge on any atom is -0.275 e. The molecule has 5 nitrogen and oxygen atoms in total. The van der Waals surface area contributed by atoms with Crippen LogP contribution in [0.4, 0.5) is 5.13 Å². The Morgan fingerprint density at radius 1 is 1.35 bits per heavy atom. The zero-order valence-corrected chi connectivity index (χ0v) is 12.4. The Labute approximate surface area is 121 Å². The smallest absolute Gasteiger partial charge is 0.204 e. The van der Waals surface area contributed by atoms with E-state index in [1.54, 1.807) is 16.0 Å². The van der Waals surface area contributed by atoms with Crippen LogP contribution in [0, 0.1) is 6.92 Å². The first-order valence-corrected chi connectivity index (χ1v) is 7.11. The van der Waals surface area contributed by atoms with Gasteiger partial charge in [0.1, 0.15) is 0 Å². The number of hydrazone groups is 1. The predicted octanol–water partition coefficient (Wildman–Crippen LogP) is 3.17. The summed E-state index contributed by atoms with van der Waals surface area (Å²) >= 11 is 1.59. The van der Waals surface area contributed by atoms with Crippen molar-refractivity contribution in [3.8, 4) is 0 Å². The number of aromatic nitrogens is 3. The normalized spacial score (nSPS) is 12.1. The van der Waals surface area contributed by atoms with Crippen molar-refractivity contribution in [3.63, 3.8) is 0 Å². The van der Waals surface area contributed by atoms with Crippen molar-refractivity contribution in [2.45, 2.75) is 13.8 Å². The zero-order chi connectivity index (χ0) is 14.1. The van der Waals surface area contributed by atoms with Crippen LogP contribution >= 0.6 is 11.3 Å². The Morgan fingerprint density at radius 3 is 2.85 bits per heavy atom. The number of hydrogen-bond donors (Lipinski definition) is 1. The van der Waals surface area contributed by atoms with Crippen LogP contribution in [-0.4, -0.2) is 20.5 Å². The molecule has 20 heavy (non-hydrogen) atoms. The summed E-state index contributed by atoms with van der Waals surface area (Å²) in [5, 5.41) is 9.51. The summed E-state index contributed by atoms with van der Waals surface area (Å²) in [4.78, 5) is 4.49. The fourth-order valence-corrected chi connectivity index (χ4v) is 2.88. The highest BCUT2D eigenvalue weighted by Gasteiger charge is 2.07. The summed E-state index contributed by atoms with van der Waals surface area (Å²) in [5.74, 6) is 0. The van der Waals surface area contributed by atoms with Crippen LogP contribution in [0.15, 0.2) is 35.6 Å². The number of nitrogens with one attached hydrogen (secondary N) is 1. The van der Waals surface area contributed by atoms with E-state index < -0.39 is 0 Å². The van der Waals surface area contributed by atoms with Gasteiger partial charge in [0.2, 0.25) is 5.13 Å². The lowest BCUT2D eigenvalue weighted by Gasteiger charge is -1.98. The molecule has 3 aromatic rings. The zero-order valence-electron chi connectivity index (χ0n) is 11.6. The quantitative estimate of drug-likeness (QED) is 0.594. The standard InChI is InChI=1S/C14H15N5S/c1-9(11-8-19(3)18-10(11)2)16-17-14-15-12-6-4-5-7-13(12)20-14/h4-8H,1-3H3,(H,15,17)/b16-9+. The van der Waals surface area contributed by atoms with E-state index in [1.807, 2.05) is 45.3 Å². The average Bonchev–Trinajstić information content (AvgIpc) is 2.98. The molecule has 0 aliphatic carbocycles. The number of aryl methyl sites for hydroxylation is 2. The Balaban J connectivity index is 1.84. The van der Waals surface area contributed by atoms with E-state index in [2.05, 4.69) is 26.7 Å². The SMILES string of the molecule is C/C(=N\Nc1nc2ccccc2s1)c1cn(C)nc1C. The lowest BCUT2D eigenvalue weighted by Crippen LogP contribution is -2.00. The van der Waals surface area contributed by atoms with Crippen LogP contribution in [0.25, 0.3) is 10.2 Å². The van der Waals surface area contributed by atoms with E-state index >= 15 is 0 Å². The number of fused-ring (bicyclic) bond motifs is 1. The van der Waals surface area contributed by atoms with Crippen molar-refractivity contribution < 1.29 is 0 Å². The van der Waals surface area contributed by atoms with Crippen LogP contribution in [-0.2, 0) is 7.05 Å². The third kappa shape index (κ3) is 2.42. The molecule has 1 aromatic carbocycles. The van der Waals surface area contributed by atoms with Crippen LogP contribution in [0.3, 0.4) is 0 Å². The second-order valence-electron chi connectivity index (χ2n) is 4.60. The highest BCUT2D eigenvalue weighted by Crippen LogP contribution is 2.25. The molecular weight excluding hydrogens is 270 g/mol. The summed E-state index contributed by atoms with van der Waals surface area (Å²) in [6.45, 7) is 3.94. The van der Waals surface area contributed by atoms with Gasteiger partial charge in [0.25, 0.3) is 0 Å². The minimum atomic E-state index is 0.798. The number of thiazole rings is 1. The average molecular weight is 285 g/mol. The van der Waals surface area contributed by atoms with Crippen molar-refractivity contribution in [3.05, 3.63) is 41.7 Å². The molecule has 2 heterocycles. The molecule has 0 aliphatic rings. The lowest BCUT2D eigenvalue weighted by atomic mass is 10.2. The maximum Gasteiger partial charge on any atom is 0.204 e. The maximum atomic E-state index is 4.49. The Morgan fingerprint density at radius 2 is 2.15 bits per heavy atom. The summed E-state index contributed by atoms with van der Waals surface area (Å²) in [7, 11) is 1.91. The molecule has 6 heteroatoms. The molecular formula is C14H15N5S. The molecule has 3 rings (SSSR count). The fourth-order valence-electron chi connectivity index (χ4n) is 2.07. The molecule has 0 saturated carbocycles. The monoisotopic (exact) mass is 285 g/mol. The number of para-hydroxylation sites is 1. The second-order valence-corrected chi connectivity index (χ2v) is 5.63. The van der Waals surface area contributed by atoms with E-state index in [1.165, 1.54) is 0 Å². The maximum absolute atomic E-state index is 4.49. The topological polar surface area (TPSA) is 55.1 Å². The highest BCUT2D eigenvalue weighted by molar-refractivity contribution is 7.22. The lowest BCUT2D eigenvalue weighted by molar-refractivity contribution is 0.756. The van der Waals surface area contributed by atoms with Crippen molar-refractivity contribution in [2.75, 3.05) is 5.43 Å². The van der Waals surface area contributed by atoms with Crippen LogP contribution in [0.1, 0.15) is 18.2 Å². The minimum absolute atomic E-state index is 0.798. The second kappa shape index (κ2) is 5.05. The largest absolute Gasteiger partial charge is 0.275 e. The first-order chi connectivity index (χ1) is 9.63. The molecule has 0 bridgehead atoms. The van der Waals surface area contributed by atoms with Gasteiger partial charge < -0.3 is 0 Å². The molecule has 0 spiro atoms. The van der Waals surface area contributed by atoms with Gasteiger partial charge in [0.15, 0.2) is 0 Å². The van der Waals surface area contributed by atoms with Gasteiger partial charge in [0.05, 0.1) is 21.6 Å². The molecule has 0 aliphatic heterocycles. The summed E-state index contributed by atoms with van der Waals surface area (Å²) in [6.07, 6.45) is 1.97. The molecule has 0 atom stereocenters. The number of nitrogens with zero attached hydrogens (tertiary/aromatic N) is 4. The third-order valence-corrected chi connectivity index (χ3v) is 3.96. The first-order valence-electron chi connectivity index (χ1n) is 6.30. The van der Waals surface area contributed by atoms with Crippen molar-refractivity contribution in [1.29, 1.82) is 0 Å². The number of anilines is 1. The van der Waals surface area contributed by atoms with Crippen molar-refractivity contribution in [1.82, 2.24) is 14.8 Å². The Kier molecular flexibility index (Phi) is 3.23. The van der Waals surface area contributed by atoms with Crippen molar-refractivity contribution in [2.24, 2.45) is 12.1 Å². The first kappa shape index (κ1) is 12.8. The summed E-state index contributed by atoms with van der Waals surface area (Å²) in [6, 6.07) is 8.05. The van der Waals surface area contributed by atoms with Crippen LogP contribution in [0.5, 0.6) is 0 Å². The Bertz CT molecular complexity index is 751. The highest BCUT2D eigenvalue weighted by atomic mass is 32.1. The molecule has 2 aromatic heterocycles. The van der Waals surface area contributed by atoms with Gasteiger partial charge in [-0.2, -0.15) is 10.2 Å². The molecule has 102 valence electrons. The number of benzene rings is 1. The van der Waals surface area contributed by atoms with E-state index in [9.17, 15) is 0 Å². The van der Waals surface area contributed by atoms with Gasteiger partial charge in [-0.25, -0.2) is 4.98 Å². The van der Waals surface area contributed by atoms with E-state index in [0.29, 0.717) is 0 Å². The predicted molar refractivity (Wildman–Crippen MR) is 83.4 cm³/mol. The Hall–Kier alpha value is -2.21. The summed E-state index contributed by atoms with van der Waals surface area (Å²) in [5.41, 5.74) is 6.93. The fraction of sp³-hybridized carbons (Fsp3) is 0.214. The van der Waals surface area contributed by atoms with E-state index in [0.717, 1.165) is 32.3 Å². The van der Waals surface area contributed by atoms with Gasteiger partial charge in [-0.1, -0.05) is 23.5 Å². The van der Waals surface area contributed by atoms with Gasteiger partial charge >= 0.3 is 0 Å². The van der Waals surface area contributed by atoms with Gasteiger partial charge in [0, 0.05) is 18.8 Å². The van der Waals surface area contributed by atoms with Gasteiger partial charge in [-0.15, -0.1) is 0 Å². The third-order valence-electron chi connectivity index (χ3n) is 3.02. The van der Waals surface area contributed by atoms with Crippen molar-refractivity contribution >= 4 is 32.4 Å². The summed E-state index contributed by atoms with van der Waals surface area (Å²) < 4.78 is 2.95. The number of rotatable bonds is 3. The van der Waals surface area contributed by atoms with Gasteiger partial charge in [-0.05, 0) is 26.0 Å². The molecule has 0 unspecified atom stereocenters. The van der Waals surface area contributed by atoms with Crippen LogP contribution < -0.4 is 5.43 Å². The molecule has 0 saturated heterocycles. The molecule has 0 radical (unpaired) electrons. The molecule has 0 amide bonds. The van der Waals surface area contributed by atoms with Gasteiger partial charge in [-0.3, -0.25) is 10.1 Å².